The monoisotopic (exact) mass is 341 g/mol. The smallest absolute Gasteiger partial charge is 0.164 e. The Kier molecular flexibility index (Phi) is 4.71. The van der Waals surface area contributed by atoms with Gasteiger partial charge < -0.3 is 35.2 Å². The van der Waals surface area contributed by atoms with Gasteiger partial charge in [-0.2, -0.15) is 0 Å². The average Bonchev–Trinajstić information content (AvgIpc) is 3.06. The molecule has 2 unspecified atom stereocenters. The lowest BCUT2D eigenvalue weighted by molar-refractivity contribution is -0.0451. The van der Waals surface area contributed by atoms with Gasteiger partial charge in [-0.3, -0.25) is 0 Å². The van der Waals surface area contributed by atoms with Crippen LogP contribution in [0.15, 0.2) is 12.5 Å². The van der Waals surface area contributed by atoms with Crippen LogP contribution in [0, 0.1) is 0 Å². The number of nitrogens with zero attached hydrogens (tertiary/aromatic N) is 3. The summed E-state index contributed by atoms with van der Waals surface area (Å²) < 4.78 is 12.6. The third-order valence-electron chi connectivity index (χ3n) is 3.90. The average molecular weight is 341 g/mol. The fourth-order valence-electron chi connectivity index (χ4n) is 2.77. The van der Waals surface area contributed by atoms with Crippen molar-refractivity contribution in [3.05, 3.63) is 18.1 Å². The Morgan fingerprint density at radius 2 is 2.17 bits per heavy atom. The van der Waals surface area contributed by atoms with E-state index >= 15 is 0 Å². The summed E-state index contributed by atoms with van der Waals surface area (Å²) in [6, 6.07) is 0. The third-order valence-corrected chi connectivity index (χ3v) is 4.27. The topological polar surface area (TPSA) is 142 Å². The van der Waals surface area contributed by atoms with E-state index in [1.54, 1.807) is 17.0 Å². The van der Waals surface area contributed by atoms with Gasteiger partial charge in [-0.1, -0.05) is 0 Å². The van der Waals surface area contributed by atoms with Crippen molar-refractivity contribution >= 4 is 28.9 Å². The van der Waals surface area contributed by atoms with Gasteiger partial charge in [-0.15, -0.1) is 0 Å². The number of aromatic nitrogens is 3. The van der Waals surface area contributed by atoms with Crippen LogP contribution in [-0.4, -0.2) is 55.9 Å². The minimum absolute atomic E-state index is 0.163. The Bertz CT molecular complexity index is 696. The van der Waals surface area contributed by atoms with Crippen LogP contribution < -0.4 is 11.5 Å². The highest BCUT2D eigenvalue weighted by atomic mass is 32.2. The zero-order chi connectivity index (χ0) is 16.6. The predicted octanol–water partition coefficient (Wildman–Crippen LogP) is -0.614. The van der Waals surface area contributed by atoms with Crippen molar-refractivity contribution < 1.29 is 19.1 Å². The van der Waals surface area contributed by atoms with Gasteiger partial charge in [0.05, 0.1) is 12.0 Å². The predicted molar refractivity (Wildman–Crippen MR) is 85.2 cm³/mol. The molecule has 1 aliphatic heterocycles. The first-order chi connectivity index (χ1) is 11.1. The molecule has 126 valence electrons. The van der Waals surface area contributed by atoms with Crippen molar-refractivity contribution in [3.8, 4) is 0 Å². The lowest BCUT2D eigenvalue weighted by atomic mass is 10.1. The normalized spacial score (nSPS) is 27.8. The summed E-state index contributed by atoms with van der Waals surface area (Å²) in [5, 5.41) is 21.1. The maximum Gasteiger partial charge on any atom is 0.164 e. The molecule has 0 aliphatic carbocycles. The molecule has 4 atom stereocenters. The molecule has 0 radical (unpaired) electrons. The van der Waals surface area contributed by atoms with Crippen molar-refractivity contribution in [2.45, 2.75) is 31.1 Å². The Morgan fingerprint density at radius 3 is 2.87 bits per heavy atom. The first kappa shape index (κ1) is 16.4. The first-order valence-electron chi connectivity index (χ1n) is 7.05. The molecule has 9 nitrogen and oxygen atoms in total. The van der Waals surface area contributed by atoms with Gasteiger partial charge in [0.15, 0.2) is 6.23 Å². The van der Waals surface area contributed by atoms with Crippen LogP contribution in [0.5, 0.6) is 0 Å². The number of nitrogens with two attached hydrogens (primary N) is 2. The number of rotatable bonds is 5. The number of ether oxygens (including phenoxy) is 1. The fraction of sp³-hybridized carbons (Fsp3) is 0.538. The number of nitrogen functional groups attached to an aromatic ring is 1. The molecule has 2 aromatic rings. The number of anilines is 1. The second-order valence-electron chi connectivity index (χ2n) is 5.22. The first-order valence-corrected chi connectivity index (χ1v) is 8.20. The maximum atomic E-state index is 10.3. The van der Waals surface area contributed by atoms with E-state index in [-0.39, 0.29) is 13.2 Å². The number of hydrogen-bond donors (Lipinski definition) is 4. The molecular weight excluding hydrogens is 322 g/mol. The highest BCUT2D eigenvalue weighted by Crippen LogP contribution is 2.34. The molecule has 23 heavy (non-hydrogen) atoms. The van der Waals surface area contributed by atoms with E-state index in [1.807, 2.05) is 0 Å². The van der Waals surface area contributed by atoms with Crippen LogP contribution in [0.4, 0.5) is 5.82 Å². The highest BCUT2D eigenvalue weighted by molar-refractivity contribution is 7.93. The fourth-order valence-corrected chi connectivity index (χ4v) is 3.04. The maximum absolute atomic E-state index is 10.3. The Morgan fingerprint density at radius 1 is 1.39 bits per heavy atom. The molecule has 0 aromatic carbocycles. The summed E-state index contributed by atoms with van der Waals surface area (Å²) in [6.45, 7) is 0.404. The van der Waals surface area contributed by atoms with Crippen molar-refractivity contribution in [1.29, 1.82) is 0 Å². The summed E-state index contributed by atoms with van der Waals surface area (Å²) in [6.07, 6.45) is 1.18. The van der Waals surface area contributed by atoms with E-state index in [2.05, 4.69) is 9.97 Å². The molecule has 1 fully saturated rings. The summed E-state index contributed by atoms with van der Waals surface area (Å²) in [7, 11) is 0. The van der Waals surface area contributed by atoms with Crippen molar-refractivity contribution in [3.63, 3.8) is 0 Å². The molecule has 0 saturated carbocycles. The van der Waals surface area contributed by atoms with E-state index < -0.39 is 24.5 Å². The summed E-state index contributed by atoms with van der Waals surface area (Å²) >= 11 is 1.17. The summed E-state index contributed by atoms with van der Waals surface area (Å²) in [4.78, 5) is 8.18. The standard InChI is InChI=1S/C13H19N5O4S/c1-23-21-4-7-9(19)10(20)13(22-7)18-3-6(2-14)8-11(15)16-5-17-12(8)18/h3,5,7,9-10,13,19-20H,2,4,14H2,1H3,(H2,15,16,17)/t7-,9?,10?,13-/m1/s1. The molecular formula is C13H19N5O4S. The van der Waals surface area contributed by atoms with Gasteiger partial charge >= 0.3 is 0 Å². The Balaban J connectivity index is 1.99. The van der Waals surface area contributed by atoms with E-state index in [9.17, 15) is 10.2 Å². The van der Waals surface area contributed by atoms with Gasteiger partial charge in [0, 0.05) is 19.0 Å². The van der Waals surface area contributed by atoms with Gasteiger partial charge in [-0.25, -0.2) is 9.97 Å². The molecule has 3 rings (SSSR count). The number of aliphatic hydroxyl groups is 2. The minimum atomic E-state index is -1.12. The van der Waals surface area contributed by atoms with Crippen LogP contribution in [0.1, 0.15) is 11.8 Å². The zero-order valence-corrected chi connectivity index (χ0v) is 13.3. The lowest BCUT2D eigenvalue weighted by Gasteiger charge is -2.17. The molecule has 6 N–H and O–H groups in total. The van der Waals surface area contributed by atoms with Crippen LogP contribution in [0.25, 0.3) is 11.0 Å². The molecule has 0 spiro atoms. The van der Waals surface area contributed by atoms with Gasteiger partial charge in [0.2, 0.25) is 0 Å². The van der Waals surface area contributed by atoms with Crippen LogP contribution in [-0.2, 0) is 15.5 Å². The number of hydrogen-bond acceptors (Lipinski definition) is 9. The molecule has 2 aromatic heterocycles. The minimum Gasteiger partial charge on any atom is -0.387 e. The molecule has 3 heterocycles. The van der Waals surface area contributed by atoms with Gasteiger partial charge in [0.25, 0.3) is 0 Å². The molecule has 0 bridgehead atoms. The second-order valence-corrected chi connectivity index (χ2v) is 5.79. The van der Waals surface area contributed by atoms with Crippen LogP contribution in [0.2, 0.25) is 0 Å². The summed E-state index contributed by atoms with van der Waals surface area (Å²) in [5.41, 5.74) is 12.9. The largest absolute Gasteiger partial charge is 0.387 e. The van der Waals surface area contributed by atoms with Gasteiger partial charge in [-0.05, 0) is 17.6 Å². The van der Waals surface area contributed by atoms with Crippen molar-refractivity contribution in [2.24, 2.45) is 5.73 Å². The molecule has 10 heteroatoms. The Hall–Kier alpha value is -1.43. The van der Waals surface area contributed by atoms with E-state index in [1.165, 1.54) is 18.4 Å². The molecule has 1 aliphatic rings. The molecule has 1 saturated heterocycles. The number of fused-ring (bicyclic) bond motifs is 1. The second kappa shape index (κ2) is 6.59. The summed E-state index contributed by atoms with van der Waals surface area (Å²) in [5.74, 6) is 0.310. The quantitative estimate of drug-likeness (QED) is 0.524. The van der Waals surface area contributed by atoms with E-state index in [4.69, 9.17) is 20.4 Å². The number of aliphatic hydroxyl groups excluding tert-OH is 2. The highest BCUT2D eigenvalue weighted by Gasteiger charge is 2.44. The Labute approximate surface area is 136 Å². The van der Waals surface area contributed by atoms with E-state index in [0.717, 1.165) is 5.56 Å². The zero-order valence-electron chi connectivity index (χ0n) is 12.5. The SMILES string of the molecule is CSOC[C@H]1O[C@@H](n2cc(CN)c3c(N)ncnc32)C(O)C1O. The third kappa shape index (κ3) is 2.77. The van der Waals surface area contributed by atoms with Gasteiger partial charge in [0.1, 0.15) is 36.1 Å². The molecule has 0 amide bonds. The van der Waals surface area contributed by atoms with E-state index in [0.29, 0.717) is 16.9 Å². The van der Waals surface area contributed by atoms with Crippen LogP contribution in [0.3, 0.4) is 0 Å². The van der Waals surface area contributed by atoms with Crippen molar-refractivity contribution in [1.82, 2.24) is 14.5 Å². The lowest BCUT2D eigenvalue weighted by Crippen LogP contribution is -2.33. The van der Waals surface area contributed by atoms with Crippen LogP contribution >= 0.6 is 12.0 Å². The van der Waals surface area contributed by atoms with Crippen molar-refractivity contribution in [2.75, 3.05) is 18.6 Å².